The molecule has 2 rings (SSSR count). The fourth-order valence-corrected chi connectivity index (χ4v) is 3.83. The SMILES string of the molecule is CC(C)(C)S(=O)(=O)N1Cc2ccccc2C[C@H]1C(=O)O. The number of rotatable bonds is 2. The maximum Gasteiger partial charge on any atom is 0.322 e. The van der Waals surface area contributed by atoms with Gasteiger partial charge in [-0.3, -0.25) is 4.79 Å². The molecular formula is C14H19NO4S. The minimum atomic E-state index is -3.68. The van der Waals surface area contributed by atoms with Crippen molar-refractivity contribution in [1.82, 2.24) is 4.31 Å². The molecule has 1 heterocycles. The average Bonchev–Trinajstić information content (AvgIpc) is 2.35. The number of carboxylic acids is 1. The molecule has 1 atom stereocenters. The molecule has 0 aliphatic carbocycles. The van der Waals surface area contributed by atoms with Gasteiger partial charge in [0.2, 0.25) is 10.0 Å². The lowest BCUT2D eigenvalue weighted by molar-refractivity contribution is -0.141. The first-order valence-corrected chi connectivity index (χ1v) is 7.89. The standard InChI is InChI=1S/C14H19NO4S/c1-14(2,3)20(18,19)15-9-11-7-5-4-6-10(11)8-12(15)13(16)17/h4-7,12H,8-9H2,1-3H3,(H,16,17)/t12-/m0/s1. The summed E-state index contributed by atoms with van der Waals surface area (Å²) in [6, 6.07) is 6.34. The molecule has 1 N–H and O–H groups in total. The largest absolute Gasteiger partial charge is 0.480 e. The van der Waals surface area contributed by atoms with E-state index in [1.807, 2.05) is 24.3 Å². The number of benzene rings is 1. The summed E-state index contributed by atoms with van der Waals surface area (Å²) in [4.78, 5) is 11.4. The number of aliphatic carboxylic acids is 1. The van der Waals surface area contributed by atoms with Gasteiger partial charge in [-0.05, 0) is 31.9 Å². The molecule has 1 aliphatic heterocycles. The van der Waals surface area contributed by atoms with E-state index >= 15 is 0 Å². The number of sulfonamides is 1. The van der Waals surface area contributed by atoms with Crippen LogP contribution in [-0.4, -0.2) is 34.6 Å². The maximum atomic E-state index is 12.6. The first-order valence-electron chi connectivity index (χ1n) is 6.45. The monoisotopic (exact) mass is 297 g/mol. The minimum absolute atomic E-state index is 0.118. The van der Waals surface area contributed by atoms with Crippen LogP contribution in [-0.2, 0) is 27.8 Å². The highest BCUT2D eigenvalue weighted by molar-refractivity contribution is 7.90. The first kappa shape index (κ1) is 15.0. The zero-order chi connectivity index (χ0) is 15.1. The van der Waals surface area contributed by atoms with Crippen LogP contribution >= 0.6 is 0 Å². The van der Waals surface area contributed by atoms with E-state index in [1.165, 1.54) is 0 Å². The van der Waals surface area contributed by atoms with Gasteiger partial charge in [0.1, 0.15) is 6.04 Å². The Kier molecular flexibility index (Phi) is 3.64. The second-order valence-electron chi connectivity index (χ2n) is 5.99. The predicted molar refractivity (Wildman–Crippen MR) is 75.8 cm³/mol. The van der Waals surface area contributed by atoms with Crippen molar-refractivity contribution in [3.05, 3.63) is 35.4 Å². The summed E-state index contributed by atoms with van der Waals surface area (Å²) < 4.78 is 25.3. The van der Waals surface area contributed by atoms with Crippen LogP contribution in [0.1, 0.15) is 31.9 Å². The molecule has 0 unspecified atom stereocenters. The van der Waals surface area contributed by atoms with Gasteiger partial charge >= 0.3 is 5.97 Å². The Morgan fingerprint density at radius 2 is 1.80 bits per heavy atom. The van der Waals surface area contributed by atoms with Crippen molar-refractivity contribution in [1.29, 1.82) is 0 Å². The third-order valence-electron chi connectivity index (χ3n) is 3.57. The van der Waals surface area contributed by atoms with Gasteiger partial charge in [-0.1, -0.05) is 24.3 Å². The number of carboxylic acid groups (broad SMARTS) is 1. The normalized spacial score (nSPS) is 20.4. The fraction of sp³-hybridized carbons (Fsp3) is 0.500. The Bertz CT molecular complexity index is 631. The second-order valence-corrected chi connectivity index (χ2v) is 8.63. The highest BCUT2D eigenvalue weighted by Gasteiger charge is 2.44. The molecule has 20 heavy (non-hydrogen) atoms. The van der Waals surface area contributed by atoms with Crippen LogP contribution in [0.15, 0.2) is 24.3 Å². The molecule has 1 aliphatic rings. The molecule has 6 heteroatoms. The van der Waals surface area contributed by atoms with Gasteiger partial charge in [0.25, 0.3) is 0 Å². The summed E-state index contributed by atoms with van der Waals surface area (Å²) in [6.07, 6.45) is 0.209. The van der Waals surface area contributed by atoms with Crippen LogP contribution in [0.2, 0.25) is 0 Å². The summed E-state index contributed by atoms with van der Waals surface area (Å²) in [5.41, 5.74) is 1.78. The molecule has 0 saturated heterocycles. The Hall–Kier alpha value is -1.40. The van der Waals surface area contributed by atoms with Crippen LogP contribution in [0.5, 0.6) is 0 Å². The van der Waals surface area contributed by atoms with Crippen LogP contribution < -0.4 is 0 Å². The van der Waals surface area contributed by atoms with Crippen molar-refractivity contribution < 1.29 is 18.3 Å². The quantitative estimate of drug-likeness (QED) is 0.900. The minimum Gasteiger partial charge on any atom is -0.480 e. The number of nitrogens with zero attached hydrogens (tertiary/aromatic N) is 1. The Balaban J connectivity index is 2.50. The molecule has 1 aromatic rings. The molecule has 0 spiro atoms. The molecule has 5 nitrogen and oxygen atoms in total. The van der Waals surface area contributed by atoms with Gasteiger partial charge in [-0.25, -0.2) is 8.42 Å². The van der Waals surface area contributed by atoms with Gasteiger partial charge in [-0.2, -0.15) is 4.31 Å². The molecule has 110 valence electrons. The molecule has 0 radical (unpaired) electrons. The van der Waals surface area contributed by atoms with Crippen molar-refractivity contribution in [3.63, 3.8) is 0 Å². The fourth-order valence-electron chi connectivity index (χ4n) is 2.31. The highest BCUT2D eigenvalue weighted by Crippen LogP contribution is 2.30. The lowest BCUT2D eigenvalue weighted by Gasteiger charge is -2.37. The second kappa shape index (κ2) is 4.86. The summed E-state index contributed by atoms with van der Waals surface area (Å²) in [6.45, 7) is 4.87. The molecule has 0 bridgehead atoms. The highest BCUT2D eigenvalue weighted by atomic mass is 32.2. The summed E-state index contributed by atoms with van der Waals surface area (Å²) in [5, 5.41) is 9.36. The maximum absolute atomic E-state index is 12.6. The van der Waals surface area contributed by atoms with Crippen LogP contribution in [0.25, 0.3) is 0 Å². The summed E-state index contributed by atoms with van der Waals surface area (Å²) >= 11 is 0. The Morgan fingerprint density at radius 3 is 2.30 bits per heavy atom. The van der Waals surface area contributed by atoms with Gasteiger partial charge in [0.15, 0.2) is 0 Å². The topological polar surface area (TPSA) is 74.7 Å². The van der Waals surface area contributed by atoms with Gasteiger partial charge in [0, 0.05) is 13.0 Å². The van der Waals surface area contributed by atoms with E-state index in [2.05, 4.69) is 0 Å². The Morgan fingerprint density at radius 1 is 1.25 bits per heavy atom. The van der Waals surface area contributed by atoms with E-state index in [0.29, 0.717) is 0 Å². The molecule has 0 fully saturated rings. The van der Waals surface area contributed by atoms with Gasteiger partial charge < -0.3 is 5.11 Å². The molecule has 0 aromatic heterocycles. The lowest BCUT2D eigenvalue weighted by atomic mass is 9.96. The third kappa shape index (κ3) is 2.45. The van der Waals surface area contributed by atoms with Gasteiger partial charge in [-0.15, -0.1) is 0 Å². The zero-order valence-corrected chi connectivity index (χ0v) is 12.6. The molecule has 0 amide bonds. The zero-order valence-electron chi connectivity index (χ0n) is 11.8. The van der Waals surface area contributed by atoms with E-state index in [9.17, 15) is 18.3 Å². The predicted octanol–water partition coefficient (Wildman–Crippen LogP) is 1.63. The molecule has 0 saturated carbocycles. The van der Waals surface area contributed by atoms with Crippen LogP contribution in [0.4, 0.5) is 0 Å². The van der Waals surface area contributed by atoms with Gasteiger partial charge in [0.05, 0.1) is 4.75 Å². The van der Waals surface area contributed by atoms with Crippen molar-refractivity contribution in [2.45, 2.75) is 44.5 Å². The molecular weight excluding hydrogens is 278 g/mol. The van der Waals surface area contributed by atoms with Crippen molar-refractivity contribution >= 4 is 16.0 Å². The summed E-state index contributed by atoms with van der Waals surface area (Å²) in [7, 11) is -3.68. The smallest absolute Gasteiger partial charge is 0.322 e. The van der Waals surface area contributed by atoms with E-state index < -0.39 is 26.8 Å². The number of fused-ring (bicyclic) bond motifs is 1. The van der Waals surface area contributed by atoms with E-state index in [4.69, 9.17) is 0 Å². The number of hydrogen-bond donors (Lipinski definition) is 1. The average molecular weight is 297 g/mol. The number of hydrogen-bond acceptors (Lipinski definition) is 3. The lowest BCUT2D eigenvalue weighted by Crippen LogP contribution is -2.53. The third-order valence-corrected chi connectivity index (χ3v) is 6.12. The first-order chi connectivity index (χ1) is 9.14. The van der Waals surface area contributed by atoms with E-state index in [-0.39, 0.29) is 13.0 Å². The number of carbonyl (C=O) groups is 1. The van der Waals surface area contributed by atoms with E-state index in [1.54, 1.807) is 20.8 Å². The van der Waals surface area contributed by atoms with Crippen LogP contribution in [0.3, 0.4) is 0 Å². The van der Waals surface area contributed by atoms with Crippen molar-refractivity contribution in [3.8, 4) is 0 Å². The summed E-state index contributed by atoms with van der Waals surface area (Å²) in [5.74, 6) is -1.10. The van der Waals surface area contributed by atoms with Crippen molar-refractivity contribution in [2.24, 2.45) is 0 Å². The van der Waals surface area contributed by atoms with E-state index in [0.717, 1.165) is 15.4 Å². The Labute approximate surface area is 119 Å². The van der Waals surface area contributed by atoms with Crippen molar-refractivity contribution in [2.75, 3.05) is 0 Å². The molecule has 1 aromatic carbocycles. The van der Waals surface area contributed by atoms with Crippen LogP contribution in [0, 0.1) is 0 Å².